The van der Waals surface area contributed by atoms with Gasteiger partial charge in [0.2, 0.25) is 10.0 Å². The van der Waals surface area contributed by atoms with Gasteiger partial charge in [0, 0.05) is 40.4 Å². The molecule has 0 aliphatic carbocycles. The molecule has 0 bridgehead atoms. The summed E-state index contributed by atoms with van der Waals surface area (Å²) < 4.78 is 44.6. The third-order valence-electron chi connectivity index (χ3n) is 7.86. The Morgan fingerprint density at radius 3 is 2.25 bits per heavy atom. The lowest BCUT2D eigenvalue weighted by Gasteiger charge is -2.29. The predicted octanol–water partition coefficient (Wildman–Crippen LogP) is 7.30. The number of urea groups is 1. The number of sulfonamides is 1. The molecule has 1 aromatic heterocycles. The summed E-state index contributed by atoms with van der Waals surface area (Å²) in [5, 5.41) is 13.7. The number of anilines is 5. The number of aromatic nitrogens is 1. The van der Waals surface area contributed by atoms with E-state index in [2.05, 4.69) is 15.0 Å². The summed E-state index contributed by atoms with van der Waals surface area (Å²) in [7, 11) is -0.851. The molecular formula is C37H39N5O8S. The first-order valence-corrected chi connectivity index (χ1v) is 17.6. The molecule has 51 heavy (non-hydrogen) atoms. The number of pyridine rings is 1. The average molecular weight is 714 g/mol. The number of aliphatic carboxylic acids is 1. The van der Waals surface area contributed by atoms with Crippen LogP contribution in [0.5, 0.6) is 23.0 Å². The molecule has 5 aromatic rings. The van der Waals surface area contributed by atoms with E-state index in [1.165, 1.54) is 19.1 Å². The number of ether oxygens (including phenoxy) is 3. The van der Waals surface area contributed by atoms with Gasteiger partial charge < -0.3 is 30.4 Å². The fraction of sp³-hybridized carbons (Fsp3) is 0.216. The van der Waals surface area contributed by atoms with Crippen LogP contribution in [0, 0.1) is 0 Å². The minimum absolute atomic E-state index is 0.114. The number of primary amides is 1. The van der Waals surface area contributed by atoms with Gasteiger partial charge in [-0.2, -0.15) is 0 Å². The lowest BCUT2D eigenvalue weighted by molar-refractivity contribution is -0.136. The molecule has 0 atom stereocenters. The van der Waals surface area contributed by atoms with Gasteiger partial charge in [-0.25, -0.2) is 18.2 Å². The Balaban J connectivity index is 1.54. The van der Waals surface area contributed by atoms with E-state index in [4.69, 9.17) is 19.9 Å². The van der Waals surface area contributed by atoms with Crippen molar-refractivity contribution in [2.24, 2.45) is 5.73 Å². The average Bonchev–Trinajstić information content (AvgIpc) is 3.05. The molecule has 2 amide bonds. The van der Waals surface area contributed by atoms with Crippen molar-refractivity contribution in [2.75, 3.05) is 35.4 Å². The second kappa shape index (κ2) is 14.5. The minimum atomic E-state index is -3.71. The predicted molar refractivity (Wildman–Crippen MR) is 198 cm³/mol. The number of amides is 2. The van der Waals surface area contributed by atoms with Gasteiger partial charge in [0.25, 0.3) is 0 Å². The van der Waals surface area contributed by atoms with Crippen molar-refractivity contribution in [1.29, 1.82) is 0 Å². The molecule has 5 N–H and O–H groups in total. The molecule has 14 heteroatoms. The van der Waals surface area contributed by atoms with E-state index in [-0.39, 0.29) is 23.5 Å². The van der Waals surface area contributed by atoms with Gasteiger partial charge in [0.15, 0.2) is 5.75 Å². The highest BCUT2D eigenvalue weighted by atomic mass is 32.2. The van der Waals surface area contributed by atoms with Crippen molar-refractivity contribution in [1.82, 2.24) is 4.98 Å². The molecule has 0 fully saturated rings. The summed E-state index contributed by atoms with van der Waals surface area (Å²) in [5.41, 5.74) is 8.35. The van der Waals surface area contributed by atoms with Crippen LogP contribution in [-0.4, -0.2) is 51.0 Å². The van der Waals surface area contributed by atoms with Gasteiger partial charge in [-0.15, -0.1) is 0 Å². The number of carbonyl (C=O) groups excluding carboxylic acids is 1. The van der Waals surface area contributed by atoms with Gasteiger partial charge in [-0.3, -0.25) is 14.4 Å². The Labute approximate surface area is 296 Å². The van der Waals surface area contributed by atoms with E-state index in [0.717, 1.165) is 11.8 Å². The fourth-order valence-electron chi connectivity index (χ4n) is 5.56. The maximum absolute atomic E-state index is 13.3. The van der Waals surface area contributed by atoms with Gasteiger partial charge in [0.05, 0.1) is 44.0 Å². The molecule has 266 valence electrons. The number of nitrogens with one attached hydrogen (secondary N) is 2. The van der Waals surface area contributed by atoms with Crippen LogP contribution in [0.15, 0.2) is 85.1 Å². The number of hydrogen-bond donors (Lipinski definition) is 4. The topological polar surface area (TPSA) is 182 Å². The monoisotopic (exact) mass is 713 g/mol. The second-order valence-corrected chi connectivity index (χ2v) is 14.5. The van der Waals surface area contributed by atoms with Gasteiger partial charge in [0.1, 0.15) is 23.1 Å². The minimum Gasteiger partial charge on any atom is -0.496 e. The smallest absolute Gasteiger partial charge is 0.324 e. The summed E-state index contributed by atoms with van der Waals surface area (Å²) >= 11 is 0. The third-order valence-corrected chi connectivity index (χ3v) is 8.45. The van der Waals surface area contributed by atoms with Crippen LogP contribution in [0.1, 0.15) is 31.9 Å². The first kappa shape index (κ1) is 36.3. The molecule has 0 radical (unpaired) electrons. The Bertz CT molecular complexity index is 2240. The van der Waals surface area contributed by atoms with E-state index in [1.807, 2.05) is 45.0 Å². The number of carboxylic acids is 1. The highest BCUT2D eigenvalue weighted by molar-refractivity contribution is 7.92. The third kappa shape index (κ3) is 8.41. The fourth-order valence-corrected chi connectivity index (χ4v) is 6.11. The van der Waals surface area contributed by atoms with Gasteiger partial charge in [-0.05, 0) is 47.4 Å². The summed E-state index contributed by atoms with van der Waals surface area (Å²) in [6, 6.07) is 21.9. The molecule has 0 saturated carbocycles. The quantitative estimate of drug-likeness (QED) is 0.102. The standard InChI is InChI=1S/C37H39N5O8S/c1-37(2,3)23-18-28(41-51(6,46)47)35(49-5)30(19-23)42(36(38)45)29-13-14-31(27-10-8-7-9-26(27)29)50-25-15-16-39-33(21-25)40-24-12-11-22(17-34(43)44)32(20-24)48-4/h7-16,18-21,41H,17H2,1-6H3,(H2,38,45)(H,39,40)(H,43,44). The largest absolute Gasteiger partial charge is 0.496 e. The summed E-state index contributed by atoms with van der Waals surface area (Å²) in [6.45, 7) is 5.90. The zero-order chi connectivity index (χ0) is 37.1. The van der Waals surface area contributed by atoms with Crippen molar-refractivity contribution in [3.05, 3.63) is 96.2 Å². The van der Waals surface area contributed by atoms with E-state index in [1.54, 1.807) is 60.8 Å². The van der Waals surface area contributed by atoms with Crippen LogP contribution in [0.25, 0.3) is 10.8 Å². The number of carboxylic acid groups (broad SMARTS) is 1. The normalized spacial score (nSPS) is 11.5. The van der Waals surface area contributed by atoms with Crippen LogP contribution in [0.4, 0.5) is 33.4 Å². The Morgan fingerprint density at radius 2 is 1.63 bits per heavy atom. The molecular weight excluding hydrogens is 675 g/mol. The number of rotatable bonds is 12. The maximum Gasteiger partial charge on any atom is 0.324 e. The van der Waals surface area contributed by atoms with Crippen LogP contribution in [0.3, 0.4) is 0 Å². The molecule has 0 aliphatic rings. The number of carbonyl (C=O) groups is 2. The molecule has 5 rings (SSSR count). The van der Waals surface area contributed by atoms with Crippen LogP contribution < -0.4 is 34.9 Å². The van der Waals surface area contributed by atoms with E-state index in [9.17, 15) is 23.1 Å². The first-order valence-electron chi connectivity index (χ1n) is 15.7. The highest BCUT2D eigenvalue weighted by Gasteiger charge is 2.28. The lowest BCUT2D eigenvalue weighted by atomic mass is 9.86. The number of benzene rings is 4. The summed E-state index contributed by atoms with van der Waals surface area (Å²) in [6.07, 6.45) is 2.44. The number of fused-ring (bicyclic) bond motifs is 1. The summed E-state index contributed by atoms with van der Waals surface area (Å²) in [4.78, 5) is 30.2. The zero-order valence-corrected chi connectivity index (χ0v) is 29.8. The molecule has 13 nitrogen and oxygen atoms in total. The number of methoxy groups -OCH3 is 2. The lowest BCUT2D eigenvalue weighted by Crippen LogP contribution is -2.32. The molecule has 0 unspecified atom stereocenters. The maximum atomic E-state index is 13.3. The Kier molecular flexibility index (Phi) is 10.3. The Hall–Kier alpha value is -6.02. The number of nitrogens with two attached hydrogens (primary N) is 1. The molecule has 1 heterocycles. The van der Waals surface area contributed by atoms with Crippen LogP contribution in [-0.2, 0) is 26.7 Å². The zero-order valence-electron chi connectivity index (χ0n) is 29.0. The van der Waals surface area contributed by atoms with Crippen LogP contribution >= 0.6 is 0 Å². The van der Waals surface area contributed by atoms with E-state index in [0.29, 0.717) is 50.8 Å². The summed E-state index contributed by atoms with van der Waals surface area (Å²) in [5.74, 6) is 0.979. The van der Waals surface area contributed by atoms with E-state index >= 15 is 0 Å². The highest BCUT2D eigenvalue weighted by Crippen LogP contribution is 2.46. The van der Waals surface area contributed by atoms with Crippen molar-refractivity contribution in [3.63, 3.8) is 0 Å². The van der Waals surface area contributed by atoms with Crippen molar-refractivity contribution in [3.8, 4) is 23.0 Å². The second-order valence-electron chi connectivity index (χ2n) is 12.7. The van der Waals surface area contributed by atoms with E-state index < -0.39 is 27.4 Å². The molecule has 0 spiro atoms. The Morgan fingerprint density at radius 1 is 0.902 bits per heavy atom. The number of nitrogens with zero attached hydrogens (tertiary/aromatic N) is 2. The van der Waals surface area contributed by atoms with Gasteiger partial charge in [-0.1, -0.05) is 51.1 Å². The van der Waals surface area contributed by atoms with Crippen molar-refractivity contribution >= 4 is 61.4 Å². The number of hydrogen-bond acceptors (Lipinski definition) is 9. The van der Waals surface area contributed by atoms with Gasteiger partial charge >= 0.3 is 12.0 Å². The first-order chi connectivity index (χ1) is 24.1. The van der Waals surface area contributed by atoms with Crippen molar-refractivity contribution in [2.45, 2.75) is 32.6 Å². The van der Waals surface area contributed by atoms with Crippen LogP contribution in [0.2, 0.25) is 0 Å². The molecule has 0 aliphatic heterocycles. The molecule has 4 aromatic carbocycles. The molecule has 0 saturated heterocycles. The SMILES string of the molecule is COc1cc(Nc2cc(Oc3ccc(N(C(N)=O)c4cc(C(C)(C)C)cc(NS(C)(=O)=O)c4OC)c4ccccc34)ccn2)ccc1CC(=O)O. The van der Waals surface area contributed by atoms with Crippen molar-refractivity contribution < 1.29 is 37.3 Å².